The molecule has 0 atom stereocenters. The van der Waals surface area contributed by atoms with Gasteiger partial charge in [-0.25, -0.2) is 18.4 Å². The minimum atomic E-state index is -3.97. The molecule has 7 nitrogen and oxygen atoms in total. The first-order chi connectivity index (χ1) is 13.4. The van der Waals surface area contributed by atoms with Crippen molar-refractivity contribution in [2.24, 2.45) is 0 Å². The Morgan fingerprint density at radius 3 is 2.61 bits per heavy atom. The summed E-state index contributed by atoms with van der Waals surface area (Å²) in [5.74, 6) is 0.118. The van der Waals surface area contributed by atoms with Gasteiger partial charge in [-0.1, -0.05) is 30.3 Å². The number of rotatable bonds is 7. The van der Waals surface area contributed by atoms with E-state index in [-0.39, 0.29) is 16.6 Å². The summed E-state index contributed by atoms with van der Waals surface area (Å²) in [6, 6.07) is 10.6. The number of anilines is 1. The molecule has 0 saturated carbocycles. The van der Waals surface area contributed by atoms with E-state index in [0.29, 0.717) is 17.0 Å². The van der Waals surface area contributed by atoms with E-state index in [0.717, 1.165) is 12.0 Å². The van der Waals surface area contributed by atoms with Crippen molar-refractivity contribution in [1.82, 2.24) is 15.0 Å². The van der Waals surface area contributed by atoms with Crippen molar-refractivity contribution in [1.29, 1.82) is 0 Å². The van der Waals surface area contributed by atoms with Gasteiger partial charge in [-0.05, 0) is 31.0 Å². The van der Waals surface area contributed by atoms with Crippen LogP contribution in [0.3, 0.4) is 0 Å². The van der Waals surface area contributed by atoms with E-state index in [1.807, 2.05) is 30.3 Å². The molecule has 0 aliphatic rings. The molecule has 0 fully saturated rings. The monoisotopic (exact) mass is 396 g/mol. The second-order valence-corrected chi connectivity index (χ2v) is 7.67. The zero-order chi connectivity index (χ0) is 20.1. The van der Waals surface area contributed by atoms with Gasteiger partial charge >= 0.3 is 0 Å². The van der Waals surface area contributed by atoms with E-state index in [1.54, 1.807) is 19.2 Å². The summed E-state index contributed by atoms with van der Waals surface area (Å²) >= 11 is 0. The predicted octanol–water partition coefficient (Wildman–Crippen LogP) is 3.38. The summed E-state index contributed by atoms with van der Waals surface area (Å²) < 4.78 is 33.6. The molecule has 2 heterocycles. The fourth-order valence-electron chi connectivity index (χ4n) is 2.64. The highest BCUT2D eigenvalue weighted by Crippen LogP contribution is 2.28. The van der Waals surface area contributed by atoms with Crippen LogP contribution in [0.4, 0.5) is 5.82 Å². The number of nitrogens with zero attached hydrogens (tertiary/aromatic N) is 3. The fourth-order valence-corrected chi connectivity index (χ4v) is 3.83. The van der Waals surface area contributed by atoms with Gasteiger partial charge in [0.05, 0.1) is 24.7 Å². The average Bonchev–Trinajstić information content (AvgIpc) is 2.70. The topological polar surface area (TPSA) is 94.1 Å². The lowest BCUT2D eigenvalue weighted by atomic mass is 10.1. The molecule has 0 unspecified atom stereocenters. The molecule has 0 amide bonds. The zero-order valence-corrected chi connectivity index (χ0v) is 16.4. The Balaban J connectivity index is 2.00. The van der Waals surface area contributed by atoms with Gasteiger partial charge in [-0.3, -0.25) is 9.71 Å². The van der Waals surface area contributed by atoms with Crippen LogP contribution in [0, 0.1) is 6.92 Å². The fraction of sp³-hybridized carbons (Fsp3) is 0.150. The maximum Gasteiger partial charge on any atom is 0.265 e. The molecular weight excluding hydrogens is 376 g/mol. The van der Waals surface area contributed by atoms with Crippen molar-refractivity contribution >= 4 is 15.8 Å². The molecule has 8 heteroatoms. The number of hydrogen-bond acceptors (Lipinski definition) is 6. The number of sulfonamides is 1. The molecule has 0 bridgehead atoms. The van der Waals surface area contributed by atoms with Gasteiger partial charge in [0.25, 0.3) is 15.9 Å². The zero-order valence-electron chi connectivity index (χ0n) is 15.6. The van der Waals surface area contributed by atoms with Crippen LogP contribution in [0.2, 0.25) is 0 Å². The molecule has 3 rings (SSSR count). The maximum absolute atomic E-state index is 13.0. The first kappa shape index (κ1) is 19.5. The minimum Gasteiger partial charge on any atom is -0.478 e. The molecule has 2 aromatic heterocycles. The van der Waals surface area contributed by atoms with Gasteiger partial charge in [0.2, 0.25) is 5.82 Å². The molecule has 1 aromatic carbocycles. The summed E-state index contributed by atoms with van der Waals surface area (Å²) in [6.45, 7) is 5.46. The van der Waals surface area contributed by atoms with E-state index in [2.05, 4.69) is 26.3 Å². The number of benzene rings is 1. The molecule has 0 aliphatic carbocycles. The van der Waals surface area contributed by atoms with Crippen LogP contribution in [0.5, 0.6) is 5.88 Å². The number of aromatic nitrogens is 3. The molecule has 1 N–H and O–H groups in total. The second-order valence-electron chi connectivity index (χ2n) is 6.01. The summed E-state index contributed by atoms with van der Waals surface area (Å²) in [5, 5.41) is 0. The number of ether oxygens (including phenoxy) is 1. The Morgan fingerprint density at radius 1 is 1.18 bits per heavy atom. The lowest BCUT2D eigenvalue weighted by molar-refractivity contribution is 0.397. The van der Waals surface area contributed by atoms with Crippen molar-refractivity contribution in [3.63, 3.8) is 0 Å². The van der Waals surface area contributed by atoms with Crippen molar-refractivity contribution in [2.45, 2.75) is 18.2 Å². The normalized spacial score (nSPS) is 11.1. The van der Waals surface area contributed by atoms with Crippen molar-refractivity contribution in [2.75, 3.05) is 11.8 Å². The van der Waals surface area contributed by atoms with E-state index in [9.17, 15) is 8.42 Å². The van der Waals surface area contributed by atoms with Crippen LogP contribution >= 0.6 is 0 Å². The summed E-state index contributed by atoms with van der Waals surface area (Å²) in [4.78, 5) is 12.5. The van der Waals surface area contributed by atoms with Gasteiger partial charge < -0.3 is 4.74 Å². The van der Waals surface area contributed by atoms with E-state index in [1.165, 1.54) is 19.4 Å². The van der Waals surface area contributed by atoms with Crippen LogP contribution in [-0.2, 0) is 16.4 Å². The molecule has 0 spiro atoms. The van der Waals surface area contributed by atoms with Gasteiger partial charge in [0.1, 0.15) is 4.90 Å². The predicted molar refractivity (Wildman–Crippen MR) is 108 cm³/mol. The Bertz CT molecular complexity index is 1100. The number of nitrogens with one attached hydrogen (secondary N) is 1. The number of hydrogen-bond donors (Lipinski definition) is 1. The Hall–Kier alpha value is -3.26. The van der Waals surface area contributed by atoms with Gasteiger partial charge in [0.15, 0.2) is 0 Å². The SMILES string of the molecule is C=CCc1ccc(-c2ncccc2S(=O)(=O)Nc2ncc(C)nc2OC)cc1. The van der Waals surface area contributed by atoms with Crippen LogP contribution in [-0.4, -0.2) is 30.5 Å². The number of allylic oxidation sites excluding steroid dienone is 1. The van der Waals surface area contributed by atoms with Gasteiger partial charge in [-0.15, -0.1) is 6.58 Å². The summed E-state index contributed by atoms with van der Waals surface area (Å²) in [7, 11) is -2.56. The van der Waals surface area contributed by atoms with Crippen LogP contribution in [0.15, 0.2) is 66.3 Å². The van der Waals surface area contributed by atoms with E-state index >= 15 is 0 Å². The minimum absolute atomic E-state index is 0.0178. The number of methoxy groups -OCH3 is 1. The summed E-state index contributed by atoms with van der Waals surface area (Å²) in [5.41, 5.74) is 2.73. The molecule has 144 valence electrons. The van der Waals surface area contributed by atoms with Crippen molar-refractivity contribution in [3.05, 3.63) is 72.7 Å². The maximum atomic E-state index is 13.0. The van der Waals surface area contributed by atoms with Gasteiger partial charge in [-0.2, -0.15) is 0 Å². The molecule has 28 heavy (non-hydrogen) atoms. The third-order valence-electron chi connectivity index (χ3n) is 3.95. The number of pyridine rings is 1. The van der Waals surface area contributed by atoms with Crippen LogP contribution < -0.4 is 9.46 Å². The third kappa shape index (κ3) is 4.17. The Morgan fingerprint density at radius 2 is 1.93 bits per heavy atom. The van der Waals surface area contributed by atoms with Crippen LogP contribution in [0.1, 0.15) is 11.3 Å². The third-order valence-corrected chi connectivity index (χ3v) is 5.32. The molecule has 0 saturated heterocycles. The second kappa shape index (κ2) is 8.18. The highest BCUT2D eigenvalue weighted by Gasteiger charge is 2.23. The first-order valence-electron chi connectivity index (χ1n) is 8.50. The number of aryl methyl sites for hydroxylation is 1. The van der Waals surface area contributed by atoms with Crippen molar-refractivity contribution in [3.8, 4) is 17.1 Å². The van der Waals surface area contributed by atoms with Crippen LogP contribution in [0.25, 0.3) is 11.3 Å². The summed E-state index contributed by atoms with van der Waals surface area (Å²) in [6.07, 6.45) is 5.56. The molecule has 3 aromatic rings. The smallest absolute Gasteiger partial charge is 0.265 e. The molecule has 0 radical (unpaired) electrons. The average molecular weight is 396 g/mol. The highest BCUT2D eigenvalue weighted by atomic mass is 32.2. The Kier molecular flexibility index (Phi) is 5.70. The van der Waals surface area contributed by atoms with Crippen molar-refractivity contribution < 1.29 is 13.2 Å². The largest absolute Gasteiger partial charge is 0.478 e. The van der Waals surface area contributed by atoms with E-state index < -0.39 is 10.0 Å². The standard InChI is InChI=1S/C20H20N4O3S/c1-4-6-15-8-10-16(11-9-15)18-17(7-5-12-21-18)28(25,26)24-19-20(27-3)23-14(2)13-22-19/h4-5,7-13H,1,6H2,2-3H3,(H,22,24). The quantitative estimate of drug-likeness (QED) is 0.615. The molecule has 0 aliphatic heterocycles. The van der Waals surface area contributed by atoms with Gasteiger partial charge in [0, 0.05) is 11.8 Å². The molecular formula is C20H20N4O3S. The van der Waals surface area contributed by atoms with E-state index in [4.69, 9.17) is 4.74 Å². The lowest BCUT2D eigenvalue weighted by Crippen LogP contribution is -2.16. The Labute approximate surface area is 164 Å². The first-order valence-corrected chi connectivity index (χ1v) is 9.98. The highest BCUT2D eigenvalue weighted by molar-refractivity contribution is 7.92. The lowest BCUT2D eigenvalue weighted by Gasteiger charge is -2.13.